The Labute approximate surface area is 244 Å². The Kier molecular flexibility index (Phi) is 7.35. The molecule has 0 saturated heterocycles. The van der Waals surface area contributed by atoms with Gasteiger partial charge in [0, 0.05) is 22.3 Å². The lowest BCUT2D eigenvalue weighted by Crippen LogP contribution is -2.36. The fraction of sp³-hybridized carbons (Fsp3) is 0. The maximum absolute atomic E-state index is 5.89. The first-order valence-electron chi connectivity index (χ1n) is 13.0. The minimum Gasteiger partial charge on any atom is -0.281 e. The Morgan fingerprint density at radius 1 is 0.350 bits per heavy atom. The summed E-state index contributed by atoms with van der Waals surface area (Å²) in [5, 5.41) is 0. The van der Waals surface area contributed by atoms with E-state index in [0.29, 0.717) is 9.98 Å². The van der Waals surface area contributed by atoms with Crippen LogP contribution < -0.4 is 10.9 Å². The van der Waals surface area contributed by atoms with Gasteiger partial charge in [0.1, 0.15) is 0 Å². The van der Waals surface area contributed by atoms with Gasteiger partial charge in [-0.1, -0.05) is 146 Å². The smallest absolute Gasteiger partial charge is 0.154 e. The van der Waals surface area contributed by atoms with Crippen LogP contribution in [0.3, 0.4) is 0 Å². The normalized spacial score (nSPS) is 10.7. The zero-order valence-corrected chi connectivity index (χ0v) is 23.2. The van der Waals surface area contributed by atoms with Crippen LogP contribution in [-0.4, -0.2) is 19.3 Å². The van der Waals surface area contributed by atoms with Crippen molar-refractivity contribution in [1.82, 2.24) is 9.35 Å². The van der Waals surface area contributed by atoms with Crippen LogP contribution in [0.1, 0.15) is 0 Å². The summed E-state index contributed by atoms with van der Waals surface area (Å²) in [7, 11) is 0. The van der Waals surface area contributed by atoms with Gasteiger partial charge in [-0.3, -0.25) is 20.2 Å². The van der Waals surface area contributed by atoms with Crippen molar-refractivity contribution in [3.8, 4) is 45.0 Å². The summed E-state index contributed by atoms with van der Waals surface area (Å²) < 4.78 is 4.01. The molecule has 4 nitrogen and oxygen atoms in total. The van der Waals surface area contributed by atoms with Crippen LogP contribution in [-0.2, 0) is 0 Å². The molecule has 0 saturated carbocycles. The third-order valence-electron chi connectivity index (χ3n) is 6.67. The molecular formula is C34H26N4S2. The minimum atomic E-state index is 0.410. The number of aromatic nitrogens is 2. The van der Waals surface area contributed by atoms with E-state index in [0.717, 1.165) is 45.0 Å². The van der Waals surface area contributed by atoms with Crippen molar-refractivity contribution < 1.29 is 0 Å². The molecule has 6 rings (SSSR count). The Morgan fingerprint density at radius 3 is 0.800 bits per heavy atom. The van der Waals surface area contributed by atoms with Gasteiger partial charge in [-0.25, -0.2) is 0 Å². The molecule has 2 heterocycles. The van der Waals surface area contributed by atoms with Gasteiger partial charge < -0.3 is 0 Å². The van der Waals surface area contributed by atoms with E-state index >= 15 is 0 Å². The standard InChI is InChI=1S/C34H26N4S2/c39-33(35-37-29(25-13-5-1-6-14-25)21-22-30(37)26-15-7-2-8-16-26)34(40)36-38-31(27-17-9-3-10-18-27)23-24-32(38)28-19-11-4-12-20-28/h1-24H,(H,35,39)(H,36,40). The number of nitrogens with zero attached hydrogens (tertiary/aromatic N) is 2. The summed E-state index contributed by atoms with van der Waals surface area (Å²) in [5.74, 6) is 0. The molecule has 0 aliphatic heterocycles. The van der Waals surface area contributed by atoms with Gasteiger partial charge in [0.25, 0.3) is 0 Å². The highest BCUT2D eigenvalue weighted by Gasteiger charge is 2.17. The molecule has 0 aliphatic rings. The van der Waals surface area contributed by atoms with Crippen LogP contribution in [0.4, 0.5) is 0 Å². The highest BCUT2D eigenvalue weighted by Crippen LogP contribution is 2.29. The zero-order chi connectivity index (χ0) is 27.3. The Bertz CT molecular complexity index is 1510. The average Bonchev–Trinajstić information content (AvgIpc) is 3.63. The van der Waals surface area contributed by atoms with Gasteiger partial charge in [0.2, 0.25) is 0 Å². The number of benzene rings is 4. The molecule has 0 bridgehead atoms. The third-order valence-corrected chi connectivity index (χ3v) is 7.39. The fourth-order valence-electron chi connectivity index (χ4n) is 4.76. The van der Waals surface area contributed by atoms with E-state index in [4.69, 9.17) is 24.4 Å². The van der Waals surface area contributed by atoms with E-state index in [-0.39, 0.29) is 0 Å². The molecule has 0 fully saturated rings. The highest BCUT2D eigenvalue weighted by atomic mass is 32.1. The van der Waals surface area contributed by atoms with Gasteiger partial charge in [-0.05, 0) is 24.3 Å². The Morgan fingerprint density at radius 2 is 0.575 bits per heavy atom. The quantitative estimate of drug-likeness (QED) is 0.203. The van der Waals surface area contributed by atoms with Crippen molar-refractivity contribution in [1.29, 1.82) is 0 Å². The maximum Gasteiger partial charge on any atom is 0.154 e. The predicted octanol–water partition coefficient (Wildman–Crippen LogP) is 8.40. The van der Waals surface area contributed by atoms with Gasteiger partial charge in [0.15, 0.2) is 9.98 Å². The molecule has 0 atom stereocenters. The van der Waals surface area contributed by atoms with Crippen LogP contribution >= 0.6 is 24.4 Å². The summed E-state index contributed by atoms with van der Waals surface area (Å²) in [4.78, 5) is 0.819. The first kappa shape index (κ1) is 25.5. The molecule has 4 aromatic carbocycles. The Balaban J connectivity index is 1.35. The van der Waals surface area contributed by atoms with Crippen LogP contribution in [0.2, 0.25) is 0 Å². The molecule has 0 amide bonds. The summed E-state index contributed by atoms with van der Waals surface area (Å²) >= 11 is 11.8. The SMILES string of the molecule is S=C(Nn1c(-c2ccccc2)ccc1-c1ccccc1)C(=S)Nn1c(-c2ccccc2)ccc1-c1ccccc1. The number of hydrogen-bond acceptors (Lipinski definition) is 2. The average molecular weight is 555 g/mol. The molecule has 40 heavy (non-hydrogen) atoms. The van der Waals surface area contributed by atoms with Gasteiger partial charge in [0.05, 0.1) is 22.8 Å². The summed E-state index contributed by atoms with van der Waals surface area (Å²) in [6.07, 6.45) is 0. The number of rotatable bonds is 6. The number of nitrogens with one attached hydrogen (secondary N) is 2. The second-order valence-electron chi connectivity index (χ2n) is 9.22. The predicted molar refractivity (Wildman–Crippen MR) is 175 cm³/mol. The molecule has 2 N–H and O–H groups in total. The topological polar surface area (TPSA) is 33.9 Å². The van der Waals surface area contributed by atoms with Crippen LogP contribution in [0, 0.1) is 0 Å². The highest BCUT2D eigenvalue weighted by molar-refractivity contribution is 7.89. The van der Waals surface area contributed by atoms with Gasteiger partial charge in [-0.15, -0.1) is 0 Å². The van der Waals surface area contributed by atoms with Crippen molar-refractivity contribution in [2.75, 3.05) is 10.9 Å². The van der Waals surface area contributed by atoms with E-state index < -0.39 is 0 Å². The summed E-state index contributed by atoms with van der Waals surface area (Å²) in [6.45, 7) is 0. The van der Waals surface area contributed by atoms with E-state index in [2.05, 4.69) is 83.6 Å². The minimum absolute atomic E-state index is 0.410. The third kappa shape index (κ3) is 5.23. The van der Waals surface area contributed by atoms with Crippen molar-refractivity contribution in [2.45, 2.75) is 0 Å². The van der Waals surface area contributed by atoms with Crippen LogP contribution in [0.15, 0.2) is 146 Å². The second kappa shape index (κ2) is 11.5. The van der Waals surface area contributed by atoms with E-state index in [9.17, 15) is 0 Å². The molecule has 6 aromatic rings. The molecule has 2 aromatic heterocycles. The second-order valence-corrected chi connectivity index (χ2v) is 10.0. The van der Waals surface area contributed by atoms with E-state index in [1.807, 2.05) is 82.1 Å². The van der Waals surface area contributed by atoms with Crippen LogP contribution in [0.5, 0.6) is 0 Å². The molecule has 0 radical (unpaired) electrons. The summed E-state index contributed by atoms with van der Waals surface area (Å²) in [6, 6.07) is 49.3. The number of hydrogen-bond donors (Lipinski definition) is 2. The molecule has 0 aliphatic carbocycles. The Hall–Kier alpha value is -4.78. The fourth-order valence-corrected chi connectivity index (χ4v) is 5.03. The monoisotopic (exact) mass is 554 g/mol. The van der Waals surface area contributed by atoms with Crippen molar-refractivity contribution in [3.05, 3.63) is 146 Å². The van der Waals surface area contributed by atoms with Crippen molar-refractivity contribution in [3.63, 3.8) is 0 Å². The lowest BCUT2D eigenvalue weighted by atomic mass is 10.2. The maximum atomic E-state index is 5.89. The lowest BCUT2D eigenvalue weighted by Gasteiger charge is -2.20. The van der Waals surface area contributed by atoms with Crippen LogP contribution in [0.25, 0.3) is 45.0 Å². The first-order chi connectivity index (χ1) is 19.7. The zero-order valence-electron chi connectivity index (χ0n) is 21.6. The first-order valence-corrected chi connectivity index (χ1v) is 13.8. The molecule has 194 valence electrons. The van der Waals surface area contributed by atoms with Gasteiger partial charge >= 0.3 is 0 Å². The molecule has 0 unspecified atom stereocenters. The van der Waals surface area contributed by atoms with Gasteiger partial charge in [-0.2, -0.15) is 0 Å². The molecular weight excluding hydrogens is 529 g/mol. The number of thiocarbonyl (C=S) groups is 2. The molecule has 0 spiro atoms. The lowest BCUT2D eigenvalue weighted by molar-refractivity contribution is 1.00. The van der Waals surface area contributed by atoms with Crippen molar-refractivity contribution in [2.24, 2.45) is 0 Å². The van der Waals surface area contributed by atoms with E-state index in [1.165, 1.54) is 0 Å². The summed E-state index contributed by atoms with van der Waals surface area (Å²) in [5.41, 5.74) is 15.1. The molecule has 6 heteroatoms. The largest absolute Gasteiger partial charge is 0.281 e. The van der Waals surface area contributed by atoms with E-state index in [1.54, 1.807) is 0 Å². The van der Waals surface area contributed by atoms with Crippen molar-refractivity contribution >= 4 is 34.4 Å².